The molecule has 1 fully saturated rings. The number of urea groups is 1. The van der Waals surface area contributed by atoms with Crippen LogP contribution in [0.5, 0.6) is 0 Å². The van der Waals surface area contributed by atoms with Gasteiger partial charge in [0.15, 0.2) is 6.17 Å². The van der Waals surface area contributed by atoms with Gasteiger partial charge in [-0.3, -0.25) is 9.98 Å². The normalized spacial score (nSPS) is 31.6. The van der Waals surface area contributed by atoms with E-state index in [0.29, 0.717) is 6.54 Å². The van der Waals surface area contributed by atoms with Gasteiger partial charge < -0.3 is 16.0 Å². The quantitative estimate of drug-likeness (QED) is 0.522. The zero-order valence-electron chi connectivity index (χ0n) is 11.1. The Morgan fingerprint density at radius 2 is 2.40 bits per heavy atom. The topological polar surface area (TPSA) is 77.9 Å². The molecule has 0 aliphatic carbocycles. The van der Waals surface area contributed by atoms with E-state index >= 15 is 0 Å². The molecule has 6 nitrogen and oxygen atoms in total. The highest BCUT2D eigenvalue weighted by Gasteiger charge is 2.29. The summed E-state index contributed by atoms with van der Waals surface area (Å²) in [7, 11) is 0. The van der Waals surface area contributed by atoms with Crippen molar-refractivity contribution in [2.75, 3.05) is 19.6 Å². The van der Waals surface area contributed by atoms with Crippen LogP contribution in [0.15, 0.2) is 21.1 Å². The first-order valence-corrected chi connectivity index (χ1v) is 7.33. The predicted molar refractivity (Wildman–Crippen MR) is 79.9 cm³/mol. The third-order valence-corrected chi connectivity index (χ3v) is 4.13. The van der Waals surface area contributed by atoms with E-state index in [-0.39, 0.29) is 23.6 Å². The first-order valence-electron chi connectivity index (χ1n) is 6.90. The van der Waals surface area contributed by atoms with E-state index in [9.17, 15) is 4.79 Å². The van der Waals surface area contributed by atoms with Crippen molar-refractivity contribution in [3.05, 3.63) is 11.1 Å². The maximum Gasteiger partial charge on any atom is 0.315 e. The van der Waals surface area contributed by atoms with Crippen LogP contribution in [0.2, 0.25) is 0 Å². The molecule has 0 aromatic heterocycles. The van der Waals surface area contributed by atoms with Crippen LogP contribution in [0.1, 0.15) is 12.8 Å². The fourth-order valence-corrected chi connectivity index (χ4v) is 3.04. The number of fused-ring (bicyclic) bond motifs is 1. The molecule has 3 heterocycles. The lowest BCUT2D eigenvalue weighted by molar-refractivity contribution is 0.238. The van der Waals surface area contributed by atoms with Crippen molar-refractivity contribution in [2.45, 2.75) is 30.4 Å². The summed E-state index contributed by atoms with van der Waals surface area (Å²) in [5, 5.41) is 8.88. The highest BCUT2D eigenvalue weighted by molar-refractivity contribution is 6.31. The van der Waals surface area contributed by atoms with Gasteiger partial charge in [0.05, 0.1) is 5.38 Å². The van der Waals surface area contributed by atoms with Crippen LogP contribution in [0.25, 0.3) is 0 Å². The maximum atomic E-state index is 11.8. The van der Waals surface area contributed by atoms with E-state index in [1.165, 1.54) is 0 Å². The summed E-state index contributed by atoms with van der Waals surface area (Å²) in [6.45, 7) is 2.30. The molecule has 3 atom stereocenters. The number of halogens is 1. The Morgan fingerprint density at radius 1 is 1.50 bits per heavy atom. The summed E-state index contributed by atoms with van der Waals surface area (Å²) in [4.78, 5) is 20.4. The SMILES string of the molecule is O=C(NCC1=C2C(Cl)C=NC2N=CC1)NC1CCNC1. The largest absolute Gasteiger partial charge is 0.334 e. The molecular formula is C13H18ClN5O. The molecule has 1 saturated heterocycles. The number of hydrogen-bond acceptors (Lipinski definition) is 4. The Balaban J connectivity index is 1.55. The third kappa shape index (κ3) is 2.86. The van der Waals surface area contributed by atoms with Gasteiger partial charge in [0.2, 0.25) is 0 Å². The van der Waals surface area contributed by atoms with Gasteiger partial charge in [-0.05, 0) is 18.5 Å². The summed E-state index contributed by atoms with van der Waals surface area (Å²) in [6.07, 6.45) is 5.09. The van der Waals surface area contributed by atoms with Gasteiger partial charge in [0.25, 0.3) is 0 Å². The van der Waals surface area contributed by atoms with Gasteiger partial charge in [-0.25, -0.2) is 4.79 Å². The number of dihydropyridines is 1. The molecule has 0 bridgehead atoms. The molecule has 3 rings (SSSR count). The van der Waals surface area contributed by atoms with Gasteiger partial charge >= 0.3 is 6.03 Å². The fourth-order valence-electron chi connectivity index (χ4n) is 2.71. The highest BCUT2D eigenvalue weighted by Crippen LogP contribution is 2.29. The number of carbonyl (C=O) groups excluding carboxylic acids is 1. The summed E-state index contributed by atoms with van der Waals surface area (Å²) in [6, 6.07) is 0.0970. The second kappa shape index (κ2) is 5.93. The minimum atomic E-state index is -0.198. The average molecular weight is 296 g/mol. The first kappa shape index (κ1) is 13.6. The predicted octanol–water partition coefficient (Wildman–Crippen LogP) is 0.436. The average Bonchev–Trinajstić information content (AvgIpc) is 3.07. The van der Waals surface area contributed by atoms with Crippen LogP contribution < -0.4 is 16.0 Å². The highest BCUT2D eigenvalue weighted by atomic mass is 35.5. The van der Waals surface area contributed by atoms with E-state index < -0.39 is 0 Å². The molecule has 0 aromatic carbocycles. The number of aliphatic imine (C=N–C) groups is 2. The Bertz CT molecular complexity index is 481. The van der Waals surface area contributed by atoms with Crippen molar-refractivity contribution in [3.8, 4) is 0 Å². The molecule has 3 aliphatic rings. The molecule has 3 N–H and O–H groups in total. The standard InChI is InChI=1S/C13H18ClN5O/c14-10-7-17-12-11(10)8(1-4-16-12)5-18-13(20)19-9-2-3-15-6-9/h4,7,9-10,12,15H,1-3,5-6H2,(H2,18,19,20). The molecule has 0 spiro atoms. The van der Waals surface area contributed by atoms with Crippen LogP contribution in [0.4, 0.5) is 4.79 Å². The van der Waals surface area contributed by atoms with Crippen molar-refractivity contribution in [2.24, 2.45) is 9.98 Å². The molecular weight excluding hydrogens is 278 g/mol. The second-order valence-corrected chi connectivity index (χ2v) is 5.66. The minimum absolute atomic E-state index is 0.129. The van der Waals surface area contributed by atoms with Gasteiger partial charge in [-0.1, -0.05) is 0 Å². The Kier molecular flexibility index (Phi) is 4.03. The maximum absolute atomic E-state index is 11.8. The fraction of sp³-hybridized carbons (Fsp3) is 0.615. The molecule has 7 heteroatoms. The van der Waals surface area contributed by atoms with E-state index in [4.69, 9.17) is 11.6 Å². The van der Waals surface area contributed by atoms with E-state index in [1.54, 1.807) is 6.21 Å². The van der Waals surface area contributed by atoms with Gasteiger partial charge in [0, 0.05) is 43.6 Å². The van der Waals surface area contributed by atoms with Crippen LogP contribution in [0, 0.1) is 0 Å². The Hall–Kier alpha value is -1.40. The lowest BCUT2D eigenvalue weighted by Crippen LogP contribution is -2.44. The summed E-state index contributed by atoms with van der Waals surface area (Å²) in [5.74, 6) is 0. The van der Waals surface area contributed by atoms with Crippen molar-refractivity contribution in [3.63, 3.8) is 0 Å². The van der Waals surface area contributed by atoms with Gasteiger partial charge in [-0.2, -0.15) is 0 Å². The Labute approximate surface area is 122 Å². The smallest absolute Gasteiger partial charge is 0.315 e. The summed E-state index contributed by atoms with van der Waals surface area (Å²) >= 11 is 6.22. The number of amides is 2. The molecule has 0 radical (unpaired) electrons. The van der Waals surface area contributed by atoms with Crippen molar-refractivity contribution in [1.29, 1.82) is 0 Å². The van der Waals surface area contributed by atoms with Crippen molar-refractivity contribution < 1.29 is 4.79 Å². The van der Waals surface area contributed by atoms with Crippen LogP contribution >= 0.6 is 11.6 Å². The second-order valence-electron chi connectivity index (χ2n) is 5.18. The molecule has 108 valence electrons. The molecule has 3 aliphatic heterocycles. The molecule has 0 saturated carbocycles. The Morgan fingerprint density at radius 3 is 3.20 bits per heavy atom. The van der Waals surface area contributed by atoms with Crippen molar-refractivity contribution >= 4 is 30.1 Å². The summed E-state index contributed by atoms with van der Waals surface area (Å²) < 4.78 is 0. The van der Waals surface area contributed by atoms with E-state index in [1.807, 2.05) is 6.21 Å². The summed E-state index contributed by atoms with van der Waals surface area (Å²) in [5.41, 5.74) is 2.14. The van der Waals surface area contributed by atoms with Crippen molar-refractivity contribution in [1.82, 2.24) is 16.0 Å². The number of hydrogen-bond donors (Lipinski definition) is 3. The number of alkyl halides is 1. The lowest BCUT2D eigenvalue weighted by atomic mass is 10.00. The molecule has 2 amide bonds. The van der Waals surface area contributed by atoms with Crippen LogP contribution in [-0.4, -0.2) is 55.7 Å². The van der Waals surface area contributed by atoms with Crippen LogP contribution in [-0.2, 0) is 0 Å². The zero-order valence-corrected chi connectivity index (χ0v) is 11.9. The monoisotopic (exact) mass is 295 g/mol. The number of nitrogens with zero attached hydrogens (tertiary/aromatic N) is 2. The van der Waals surface area contributed by atoms with Gasteiger partial charge in [-0.15, -0.1) is 11.6 Å². The lowest BCUT2D eigenvalue weighted by Gasteiger charge is -2.20. The zero-order chi connectivity index (χ0) is 13.9. The molecule has 20 heavy (non-hydrogen) atoms. The molecule has 3 unspecified atom stereocenters. The number of rotatable bonds is 3. The van der Waals surface area contributed by atoms with Gasteiger partial charge in [0.1, 0.15) is 0 Å². The van der Waals surface area contributed by atoms with E-state index in [0.717, 1.165) is 37.1 Å². The third-order valence-electron chi connectivity index (χ3n) is 3.78. The van der Waals surface area contributed by atoms with E-state index in [2.05, 4.69) is 25.9 Å². The number of nitrogens with one attached hydrogen (secondary N) is 3. The minimum Gasteiger partial charge on any atom is -0.334 e. The first-order chi connectivity index (χ1) is 9.74. The van der Waals surface area contributed by atoms with Crippen LogP contribution in [0.3, 0.4) is 0 Å². The molecule has 0 aromatic rings. The number of carbonyl (C=O) groups is 1.